The second-order valence-corrected chi connectivity index (χ2v) is 4.34. The van der Waals surface area contributed by atoms with E-state index in [4.69, 9.17) is 4.74 Å². The molecule has 0 aromatic heterocycles. The molecule has 1 saturated carbocycles. The van der Waals surface area contributed by atoms with Crippen LogP contribution in [0.25, 0.3) is 0 Å². The Morgan fingerprint density at radius 3 is 2.57 bits per heavy atom. The zero-order valence-corrected chi connectivity index (χ0v) is 9.21. The van der Waals surface area contributed by atoms with Crippen molar-refractivity contribution in [2.24, 2.45) is 5.92 Å². The Bertz CT molecular complexity index is 220. The monoisotopic (exact) mass is 196 g/mol. The number of hydrogen-bond acceptors (Lipinski definition) is 2. The molecule has 1 fully saturated rings. The van der Waals surface area contributed by atoms with Gasteiger partial charge >= 0.3 is 5.97 Å². The van der Waals surface area contributed by atoms with E-state index in [9.17, 15) is 4.79 Å². The van der Waals surface area contributed by atoms with Crippen LogP contribution in [0.15, 0.2) is 12.2 Å². The molecule has 2 nitrogen and oxygen atoms in total. The fourth-order valence-corrected chi connectivity index (χ4v) is 1.87. The number of carbonyl (C=O) groups is 1. The van der Waals surface area contributed by atoms with E-state index in [1.165, 1.54) is 25.7 Å². The van der Waals surface area contributed by atoms with Gasteiger partial charge in [-0.15, -0.1) is 0 Å². The molecule has 1 aliphatic carbocycles. The fraction of sp³-hybridized carbons (Fsp3) is 0.750. The van der Waals surface area contributed by atoms with Crippen molar-refractivity contribution >= 4 is 5.97 Å². The molecule has 1 rings (SSSR count). The summed E-state index contributed by atoms with van der Waals surface area (Å²) in [6.07, 6.45) is 6.02. The van der Waals surface area contributed by atoms with Gasteiger partial charge in [0.05, 0.1) is 0 Å². The van der Waals surface area contributed by atoms with Gasteiger partial charge < -0.3 is 4.74 Å². The molecule has 2 unspecified atom stereocenters. The highest BCUT2D eigenvalue weighted by Crippen LogP contribution is 2.25. The van der Waals surface area contributed by atoms with Gasteiger partial charge in [-0.3, -0.25) is 0 Å². The summed E-state index contributed by atoms with van der Waals surface area (Å²) in [6, 6.07) is 0. The van der Waals surface area contributed by atoms with Crippen molar-refractivity contribution < 1.29 is 9.53 Å². The SMILES string of the molecule is C=C(C)C(=O)OC1CCCCCC1C. The Kier molecular flexibility index (Phi) is 4.18. The molecule has 0 aromatic carbocycles. The van der Waals surface area contributed by atoms with Gasteiger partial charge in [0.15, 0.2) is 0 Å². The molecule has 0 spiro atoms. The number of hydrogen-bond donors (Lipinski definition) is 0. The van der Waals surface area contributed by atoms with Crippen LogP contribution in [0.2, 0.25) is 0 Å². The minimum Gasteiger partial charge on any atom is -0.459 e. The summed E-state index contributed by atoms with van der Waals surface area (Å²) < 4.78 is 5.41. The van der Waals surface area contributed by atoms with Crippen molar-refractivity contribution in [1.29, 1.82) is 0 Å². The van der Waals surface area contributed by atoms with E-state index in [1.807, 2.05) is 0 Å². The van der Waals surface area contributed by atoms with Crippen LogP contribution < -0.4 is 0 Å². The van der Waals surface area contributed by atoms with Gasteiger partial charge in [0.1, 0.15) is 6.10 Å². The lowest BCUT2D eigenvalue weighted by Crippen LogP contribution is -2.24. The third-order valence-electron chi connectivity index (χ3n) is 2.89. The van der Waals surface area contributed by atoms with Gasteiger partial charge in [-0.25, -0.2) is 4.79 Å². The smallest absolute Gasteiger partial charge is 0.333 e. The molecule has 0 aliphatic heterocycles. The van der Waals surface area contributed by atoms with Crippen molar-refractivity contribution in [3.63, 3.8) is 0 Å². The Morgan fingerprint density at radius 2 is 1.93 bits per heavy atom. The quantitative estimate of drug-likeness (QED) is 0.385. The van der Waals surface area contributed by atoms with Crippen LogP contribution in [0.1, 0.15) is 46.0 Å². The maximum absolute atomic E-state index is 11.3. The zero-order chi connectivity index (χ0) is 10.6. The average Bonchev–Trinajstić information content (AvgIpc) is 2.32. The number of ether oxygens (including phenoxy) is 1. The number of rotatable bonds is 2. The first-order valence-corrected chi connectivity index (χ1v) is 5.47. The molecular formula is C12H20O2. The van der Waals surface area contributed by atoms with E-state index in [-0.39, 0.29) is 12.1 Å². The molecule has 14 heavy (non-hydrogen) atoms. The van der Waals surface area contributed by atoms with Crippen LogP contribution in [0.5, 0.6) is 0 Å². The maximum atomic E-state index is 11.3. The minimum atomic E-state index is -0.233. The molecule has 0 bridgehead atoms. The van der Waals surface area contributed by atoms with Gasteiger partial charge in [-0.1, -0.05) is 26.3 Å². The fourth-order valence-electron chi connectivity index (χ4n) is 1.87. The Hall–Kier alpha value is -0.790. The van der Waals surface area contributed by atoms with E-state index in [0.29, 0.717) is 11.5 Å². The van der Waals surface area contributed by atoms with Crippen LogP contribution in [-0.4, -0.2) is 12.1 Å². The van der Waals surface area contributed by atoms with Crippen molar-refractivity contribution in [2.45, 2.75) is 52.1 Å². The molecule has 80 valence electrons. The predicted molar refractivity (Wildman–Crippen MR) is 56.9 cm³/mol. The first kappa shape index (κ1) is 11.3. The highest BCUT2D eigenvalue weighted by Gasteiger charge is 2.23. The topological polar surface area (TPSA) is 26.3 Å². The molecule has 0 radical (unpaired) electrons. The molecule has 0 N–H and O–H groups in total. The first-order chi connectivity index (χ1) is 6.61. The molecule has 0 aromatic rings. The molecule has 2 atom stereocenters. The molecular weight excluding hydrogens is 176 g/mol. The molecule has 0 amide bonds. The van der Waals surface area contributed by atoms with E-state index in [1.54, 1.807) is 6.92 Å². The van der Waals surface area contributed by atoms with Crippen molar-refractivity contribution in [2.75, 3.05) is 0 Å². The molecule has 0 saturated heterocycles. The summed E-state index contributed by atoms with van der Waals surface area (Å²) in [5.41, 5.74) is 0.501. The Morgan fingerprint density at radius 1 is 1.29 bits per heavy atom. The van der Waals surface area contributed by atoms with E-state index in [2.05, 4.69) is 13.5 Å². The highest BCUT2D eigenvalue weighted by atomic mass is 16.5. The Labute approximate surface area is 86.3 Å². The third-order valence-corrected chi connectivity index (χ3v) is 2.89. The predicted octanol–water partition coefficient (Wildman–Crippen LogP) is 3.07. The van der Waals surface area contributed by atoms with Crippen LogP contribution in [0.3, 0.4) is 0 Å². The minimum absolute atomic E-state index is 0.113. The van der Waals surface area contributed by atoms with Crippen LogP contribution in [0.4, 0.5) is 0 Å². The van der Waals surface area contributed by atoms with Gasteiger partial charge in [0, 0.05) is 5.57 Å². The summed E-state index contributed by atoms with van der Waals surface area (Å²) in [6.45, 7) is 7.46. The standard InChI is InChI=1S/C12H20O2/c1-9(2)12(13)14-11-8-6-4-5-7-10(11)3/h10-11H,1,4-8H2,2-3H3. The van der Waals surface area contributed by atoms with Gasteiger partial charge in [0.25, 0.3) is 0 Å². The Balaban J connectivity index is 2.48. The maximum Gasteiger partial charge on any atom is 0.333 e. The van der Waals surface area contributed by atoms with E-state index < -0.39 is 0 Å². The summed E-state index contributed by atoms with van der Waals surface area (Å²) in [5.74, 6) is 0.268. The molecule has 1 aliphatic rings. The van der Waals surface area contributed by atoms with E-state index in [0.717, 1.165) is 6.42 Å². The lowest BCUT2D eigenvalue weighted by molar-refractivity contribution is -0.146. The normalized spacial score (nSPS) is 27.9. The largest absolute Gasteiger partial charge is 0.459 e. The van der Waals surface area contributed by atoms with Crippen LogP contribution in [-0.2, 0) is 9.53 Å². The summed E-state index contributed by atoms with van der Waals surface area (Å²) in [5, 5.41) is 0. The second kappa shape index (κ2) is 5.18. The third kappa shape index (κ3) is 3.17. The van der Waals surface area contributed by atoms with Crippen molar-refractivity contribution in [3.8, 4) is 0 Å². The average molecular weight is 196 g/mol. The van der Waals surface area contributed by atoms with Crippen molar-refractivity contribution in [1.82, 2.24) is 0 Å². The highest BCUT2D eigenvalue weighted by molar-refractivity contribution is 5.87. The van der Waals surface area contributed by atoms with Gasteiger partial charge in [-0.05, 0) is 32.1 Å². The zero-order valence-electron chi connectivity index (χ0n) is 9.21. The van der Waals surface area contributed by atoms with Crippen molar-refractivity contribution in [3.05, 3.63) is 12.2 Å². The first-order valence-electron chi connectivity index (χ1n) is 5.47. The second-order valence-electron chi connectivity index (χ2n) is 4.34. The lowest BCUT2D eigenvalue weighted by atomic mass is 10.00. The van der Waals surface area contributed by atoms with Gasteiger partial charge in [-0.2, -0.15) is 0 Å². The molecule has 0 heterocycles. The van der Waals surface area contributed by atoms with Crippen LogP contribution in [0, 0.1) is 5.92 Å². The summed E-state index contributed by atoms with van der Waals surface area (Å²) >= 11 is 0. The van der Waals surface area contributed by atoms with Crippen LogP contribution >= 0.6 is 0 Å². The lowest BCUT2D eigenvalue weighted by Gasteiger charge is -2.21. The number of carbonyl (C=O) groups excluding carboxylic acids is 1. The van der Waals surface area contributed by atoms with E-state index >= 15 is 0 Å². The van der Waals surface area contributed by atoms with Gasteiger partial charge in [0.2, 0.25) is 0 Å². The molecule has 2 heteroatoms. The summed E-state index contributed by atoms with van der Waals surface area (Å²) in [7, 11) is 0. The summed E-state index contributed by atoms with van der Waals surface area (Å²) in [4.78, 5) is 11.3. The number of esters is 1.